The van der Waals surface area contributed by atoms with Gasteiger partial charge in [-0.3, -0.25) is 4.79 Å². The van der Waals surface area contributed by atoms with E-state index in [0.717, 1.165) is 38.2 Å². The molecule has 0 aliphatic carbocycles. The van der Waals surface area contributed by atoms with Crippen molar-refractivity contribution in [3.8, 4) is 11.5 Å². The number of carbonyl (C=O) groups is 1. The third-order valence-electron chi connectivity index (χ3n) is 4.26. The van der Waals surface area contributed by atoms with Crippen LogP contribution in [0.1, 0.15) is 30.1 Å². The van der Waals surface area contributed by atoms with Crippen molar-refractivity contribution in [3.63, 3.8) is 0 Å². The van der Waals surface area contributed by atoms with E-state index in [1.54, 1.807) is 0 Å². The van der Waals surface area contributed by atoms with E-state index in [9.17, 15) is 4.79 Å². The molecule has 1 aliphatic heterocycles. The Kier molecular flexibility index (Phi) is 5.49. The number of ether oxygens (including phenoxy) is 1. The highest BCUT2D eigenvalue weighted by Crippen LogP contribution is 2.23. The molecule has 1 heterocycles. The maximum atomic E-state index is 13.0. The Morgan fingerprint density at radius 1 is 1.17 bits per heavy atom. The number of hydrogen-bond donors (Lipinski definition) is 1. The fourth-order valence-corrected chi connectivity index (χ4v) is 3.08. The zero-order valence-corrected chi connectivity index (χ0v) is 14.1. The van der Waals surface area contributed by atoms with E-state index in [1.165, 1.54) is 0 Å². The molecule has 0 bridgehead atoms. The van der Waals surface area contributed by atoms with Gasteiger partial charge in [0.2, 0.25) is 0 Å². The van der Waals surface area contributed by atoms with E-state index in [4.69, 9.17) is 4.74 Å². The molecular weight excluding hydrogens is 300 g/mol. The maximum absolute atomic E-state index is 13.0. The summed E-state index contributed by atoms with van der Waals surface area (Å²) in [5.41, 5.74) is 0.684. The Balaban J connectivity index is 1.77. The second-order valence-electron chi connectivity index (χ2n) is 6.09. The van der Waals surface area contributed by atoms with Crippen LogP contribution in [0.3, 0.4) is 0 Å². The van der Waals surface area contributed by atoms with Crippen molar-refractivity contribution in [1.82, 2.24) is 10.2 Å². The summed E-state index contributed by atoms with van der Waals surface area (Å²) in [5.74, 6) is 1.55. The van der Waals surface area contributed by atoms with Gasteiger partial charge in [-0.15, -0.1) is 0 Å². The molecule has 3 rings (SSSR count). The average molecular weight is 324 g/mol. The summed E-state index contributed by atoms with van der Waals surface area (Å²) in [7, 11) is 0. The molecule has 1 fully saturated rings. The molecule has 1 N–H and O–H groups in total. The van der Waals surface area contributed by atoms with Gasteiger partial charge in [-0.2, -0.15) is 0 Å². The first-order valence-electron chi connectivity index (χ1n) is 8.62. The topological polar surface area (TPSA) is 41.6 Å². The monoisotopic (exact) mass is 324 g/mol. The van der Waals surface area contributed by atoms with Crippen LogP contribution in [0.5, 0.6) is 11.5 Å². The third kappa shape index (κ3) is 3.95. The van der Waals surface area contributed by atoms with Crippen molar-refractivity contribution >= 4 is 5.91 Å². The number of rotatable bonds is 6. The molecule has 0 radical (unpaired) electrons. The van der Waals surface area contributed by atoms with E-state index in [1.807, 2.05) is 59.5 Å². The van der Waals surface area contributed by atoms with Gasteiger partial charge in [0.05, 0.1) is 0 Å². The van der Waals surface area contributed by atoms with Crippen molar-refractivity contribution in [2.45, 2.75) is 25.8 Å². The van der Waals surface area contributed by atoms with Gasteiger partial charge in [0.15, 0.2) is 0 Å². The zero-order valence-electron chi connectivity index (χ0n) is 14.1. The van der Waals surface area contributed by atoms with Crippen molar-refractivity contribution in [1.29, 1.82) is 0 Å². The molecule has 126 valence electrons. The van der Waals surface area contributed by atoms with Gasteiger partial charge in [0.1, 0.15) is 11.5 Å². The summed E-state index contributed by atoms with van der Waals surface area (Å²) in [6.45, 7) is 4.76. The molecule has 1 aliphatic rings. The minimum atomic E-state index is 0.0871. The molecular formula is C20H24N2O2. The van der Waals surface area contributed by atoms with Crippen LogP contribution in [0.25, 0.3) is 0 Å². The van der Waals surface area contributed by atoms with Gasteiger partial charge < -0.3 is 15.0 Å². The molecule has 1 amide bonds. The lowest BCUT2D eigenvalue weighted by atomic mass is 10.1. The van der Waals surface area contributed by atoms with Gasteiger partial charge in [-0.25, -0.2) is 0 Å². The average Bonchev–Trinajstić information content (AvgIpc) is 3.14. The van der Waals surface area contributed by atoms with Gasteiger partial charge >= 0.3 is 0 Å². The van der Waals surface area contributed by atoms with E-state index < -0.39 is 0 Å². The summed E-state index contributed by atoms with van der Waals surface area (Å²) in [4.78, 5) is 15.0. The minimum absolute atomic E-state index is 0.0871. The maximum Gasteiger partial charge on any atom is 0.254 e. The molecule has 0 aromatic heterocycles. The van der Waals surface area contributed by atoms with Gasteiger partial charge in [0, 0.05) is 24.7 Å². The molecule has 0 saturated carbocycles. The van der Waals surface area contributed by atoms with Crippen molar-refractivity contribution < 1.29 is 9.53 Å². The van der Waals surface area contributed by atoms with Crippen LogP contribution < -0.4 is 10.1 Å². The van der Waals surface area contributed by atoms with Crippen LogP contribution in [0.2, 0.25) is 0 Å². The van der Waals surface area contributed by atoms with Gasteiger partial charge in [0.25, 0.3) is 5.91 Å². The number of benzene rings is 2. The largest absolute Gasteiger partial charge is 0.457 e. The molecule has 0 spiro atoms. The van der Waals surface area contributed by atoms with E-state index >= 15 is 0 Å². The first-order valence-corrected chi connectivity index (χ1v) is 8.62. The molecule has 1 saturated heterocycles. The Morgan fingerprint density at radius 2 is 1.96 bits per heavy atom. The van der Waals surface area contributed by atoms with Gasteiger partial charge in [-0.05, 0) is 49.7 Å². The van der Waals surface area contributed by atoms with E-state index in [-0.39, 0.29) is 11.9 Å². The lowest BCUT2D eigenvalue weighted by molar-refractivity contribution is 0.0692. The normalized spacial score (nSPS) is 16.8. The second kappa shape index (κ2) is 7.97. The Bertz CT molecular complexity index is 666. The standard InChI is InChI=1S/C20H24N2O2/c1-2-13-22(17-11-12-21-15-17)20(23)16-7-6-10-19(14-16)24-18-8-4-3-5-9-18/h3-10,14,17,21H,2,11-13,15H2,1H3. The van der Waals surface area contributed by atoms with Gasteiger partial charge in [-0.1, -0.05) is 31.2 Å². The fraction of sp³-hybridized carbons (Fsp3) is 0.350. The quantitative estimate of drug-likeness (QED) is 0.881. The van der Waals surface area contributed by atoms with Crippen LogP contribution in [-0.2, 0) is 0 Å². The fourth-order valence-electron chi connectivity index (χ4n) is 3.08. The lowest BCUT2D eigenvalue weighted by Gasteiger charge is -2.28. The summed E-state index contributed by atoms with van der Waals surface area (Å²) < 4.78 is 5.85. The highest BCUT2D eigenvalue weighted by molar-refractivity contribution is 5.94. The predicted molar refractivity (Wildman–Crippen MR) is 95.6 cm³/mol. The predicted octanol–water partition coefficient (Wildman–Crippen LogP) is 3.69. The number of para-hydroxylation sites is 1. The van der Waals surface area contributed by atoms with Crippen LogP contribution in [0.15, 0.2) is 54.6 Å². The summed E-state index contributed by atoms with van der Waals surface area (Å²) >= 11 is 0. The number of amides is 1. The highest BCUT2D eigenvalue weighted by atomic mass is 16.5. The summed E-state index contributed by atoms with van der Waals surface area (Å²) in [6.07, 6.45) is 1.98. The lowest BCUT2D eigenvalue weighted by Crippen LogP contribution is -2.42. The van der Waals surface area contributed by atoms with Crippen LogP contribution in [0.4, 0.5) is 0 Å². The number of nitrogens with one attached hydrogen (secondary N) is 1. The van der Waals surface area contributed by atoms with Crippen molar-refractivity contribution in [2.24, 2.45) is 0 Å². The molecule has 1 atom stereocenters. The number of hydrogen-bond acceptors (Lipinski definition) is 3. The van der Waals surface area contributed by atoms with Crippen molar-refractivity contribution in [3.05, 3.63) is 60.2 Å². The van der Waals surface area contributed by atoms with Crippen molar-refractivity contribution in [2.75, 3.05) is 19.6 Å². The van der Waals surface area contributed by atoms with E-state index in [0.29, 0.717) is 11.3 Å². The Hall–Kier alpha value is -2.33. The second-order valence-corrected chi connectivity index (χ2v) is 6.09. The minimum Gasteiger partial charge on any atom is -0.457 e. The highest BCUT2D eigenvalue weighted by Gasteiger charge is 2.26. The smallest absolute Gasteiger partial charge is 0.254 e. The first-order chi connectivity index (χ1) is 11.8. The Labute approximate surface area is 143 Å². The Morgan fingerprint density at radius 3 is 2.67 bits per heavy atom. The molecule has 2 aromatic rings. The first kappa shape index (κ1) is 16.5. The number of carbonyl (C=O) groups excluding carboxylic acids is 1. The SMILES string of the molecule is CCCN(C(=O)c1cccc(Oc2ccccc2)c1)C1CCNC1. The molecule has 1 unspecified atom stereocenters. The van der Waals surface area contributed by atoms with E-state index in [2.05, 4.69) is 12.2 Å². The molecule has 24 heavy (non-hydrogen) atoms. The van der Waals surface area contributed by atoms with Crippen LogP contribution in [0, 0.1) is 0 Å². The number of nitrogens with zero attached hydrogens (tertiary/aromatic N) is 1. The molecule has 2 aromatic carbocycles. The van der Waals surface area contributed by atoms with Crippen LogP contribution >= 0.6 is 0 Å². The third-order valence-corrected chi connectivity index (χ3v) is 4.26. The summed E-state index contributed by atoms with van der Waals surface area (Å²) in [5, 5.41) is 3.34. The molecule has 4 nitrogen and oxygen atoms in total. The zero-order chi connectivity index (χ0) is 16.8. The molecule has 4 heteroatoms. The summed E-state index contributed by atoms with van der Waals surface area (Å²) in [6, 6.07) is 17.4. The van der Waals surface area contributed by atoms with Crippen LogP contribution in [-0.4, -0.2) is 36.5 Å².